The lowest BCUT2D eigenvalue weighted by Crippen LogP contribution is -2.56. The van der Waals surface area contributed by atoms with E-state index in [0.717, 1.165) is 42.2 Å². The first-order valence-corrected chi connectivity index (χ1v) is 11.9. The van der Waals surface area contributed by atoms with Gasteiger partial charge in [-0.1, -0.05) is 12.5 Å². The average Bonchev–Trinajstić information content (AvgIpc) is 3.60. The van der Waals surface area contributed by atoms with E-state index >= 15 is 0 Å². The summed E-state index contributed by atoms with van der Waals surface area (Å²) in [7, 11) is 0. The molecule has 2 N–H and O–H groups in total. The highest BCUT2D eigenvalue weighted by Gasteiger charge is 2.79. The molecule has 7 aliphatic rings. The number of esters is 1. The van der Waals surface area contributed by atoms with Crippen LogP contribution in [0.25, 0.3) is 0 Å². The highest BCUT2D eigenvalue weighted by atomic mass is 16.6. The summed E-state index contributed by atoms with van der Waals surface area (Å²) in [6, 6.07) is 0. The normalized spacial score (nSPS) is 52.0. The molecule has 0 bridgehead atoms. The van der Waals surface area contributed by atoms with Gasteiger partial charge in [-0.3, -0.25) is 4.79 Å². The Labute approximate surface area is 168 Å². The van der Waals surface area contributed by atoms with Crippen molar-refractivity contribution in [2.75, 3.05) is 0 Å². The van der Waals surface area contributed by atoms with Crippen molar-refractivity contribution in [2.24, 2.45) is 46.2 Å². The summed E-state index contributed by atoms with van der Waals surface area (Å²) in [6.07, 6.45) is 15.6. The topological polar surface area (TPSA) is 52.3 Å². The molecule has 0 aromatic heterocycles. The minimum Gasteiger partial charge on any atom is -0.458 e. The van der Waals surface area contributed by atoms with Crippen LogP contribution in [0.4, 0.5) is 0 Å². The first kappa shape index (κ1) is 16.5. The predicted octanol–water partition coefficient (Wildman–Crippen LogP) is 4.87. The molecule has 150 valence electrons. The van der Waals surface area contributed by atoms with Crippen LogP contribution in [0.1, 0.15) is 77.6 Å². The van der Waals surface area contributed by atoms with E-state index in [1.807, 2.05) is 0 Å². The molecular weight excluding hydrogens is 346 g/mol. The van der Waals surface area contributed by atoms with E-state index in [-0.39, 0.29) is 17.0 Å². The van der Waals surface area contributed by atoms with E-state index in [4.69, 9.17) is 10.5 Å². The summed E-state index contributed by atoms with van der Waals surface area (Å²) < 4.78 is 6.32. The summed E-state index contributed by atoms with van der Waals surface area (Å²) in [6.45, 7) is 2.40. The fourth-order valence-corrected chi connectivity index (χ4v) is 9.64. The fraction of sp³-hybridized carbons (Fsp3) is 0.800. The number of ether oxygens (including phenoxy) is 1. The maximum Gasteiger partial charge on any atom is 0.306 e. The van der Waals surface area contributed by atoms with E-state index in [0.29, 0.717) is 17.8 Å². The molecule has 28 heavy (non-hydrogen) atoms. The Kier molecular flexibility index (Phi) is 2.89. The van der Waals surface area contributed by atoms with Crippen LogP contribution in [0, 0.1) is 40.4 Å². The van der Waals surface area contributed by atoms with E-state index in [2.05, 4.69) is 13.0 Å². The van der Waals surface area contributed by atoms with E-state index in [1.54, 1.807) is 11.1 Å². The van der Waals surface area contributed by atoms with Gasteiger partial charge in [0.2, 0.25) is 0 Å². The predicted molar refractivity (Wildman–Crippen MR) is 107 cm³/mol. The zero-order chi connectivity index (χ0) is 18.9. The monoisotopic (exact) mass is 379 g/mol. The molecule has 0 aromatic carbocycles. The molecule has 1 saturated heterocycles. The van der Waals surface area contributed by atoms with Gasteiger partial charge in [0.25, 0.3) is 0 Å². The minimum absolute atomic E-state index is 0.0847. The smallest absolute Gasteiger partial charge is 0.306 e. The Balaban J connectivity index is 1.35. The van der Waals surface area contributed by atoms with Crippen LogP contribution in [-0.2, 0) is 9.53 Å². The molecule has 5 fully saturated rings. The summed E-state index contributed by atoms with van der Waals surface area (Å²) in [4.78, 5) is 12.3. The molecule has 3 heteroatoms. The van der Waals surface area contributed by atoms with Gasteiger partial charge in [-0.2, -0.15) is 0 Å². The van der Waals surface area contributed by atoms with Crippen molar-refractivity contribution in [3.8, 4) is 0 Å². The summed E-state index contributed by atoms with van der Waals surface area (Å²) in [5.41, 5.74) is 11.5. The van der Waals surface area contributed by atoms with Crippen LogP contribution < -0.4 is 5.73 Å². The highest BCUT2D eigenvalue weighted by Crippen LogP contribution is 2.80. The van der Waals surface area contributed by atoms with Gasteiger partial charge in [0.15, 0.2) is 0 Å². The molecule has 1 heterocycles. The second-order valence-electron chi connectivity index (χ2n) is 11.4. The molecule has 2 spiro atoms. The molecule has 3 nitrogen and oxygen atoms in total. The number of hydrogen-bond acceptors (Lipinski definition) is 3. The van der Waals surface area contributed by atoms with Gasteiger partial charge in [0.05, 0.1) is 0 Å². The Morgan fingerprint density at radius 3 is 2.71 bits per heavy atom. The standard InChI is InChI=1S/C25H33NO2/c1-2-24-7-5-15-16-4-3-14(26)11-19(16)23(9-10-23)13-18(15)22(24)17-12-20(17)25(24)8-6-21(27)28-25/h11,15,17-18,20,22H,2-10,12-13,26H2,1H3/t15?,17?,18?,20?,22?,24-,25-/m0/s1. The first-order valence-electron chi connectivity index (χ1n) is 11.9. The molecule has 7 atom stereocenters. The van der Waals surface area contributed by atoms with Crippen LogP contribution >= 0.6 is 0 Å². The minimum atomic E-state index is -0.0958. The molecule has 0 aromatic rings. The van der Waals surface area contributed by atoms with Crippen LogP contribution in [0.2, 0.25) is 0 Å². The third-order valence-corrected chi connectivity index (χ3v) is 10.7. The highest BCUT2D eigenvalue weighted by molar-refractivity contribution is 5.73. The van der Waals surface area contributed by atoms with Crippen molar-refractivity contribution in [1.82, 2.24) is 0 Å². The van der Waals surface area contributed by atoms with Crippen LogP contribution in [0.3, 0.4) is 0 Å². The van der Waals surface area contributed by atoms with E-state index < -0.39 is 0 Å². The lowest BCUT2D eigenvalue weighted by molar-refractivity contribution is -0.176. The second kappa shape index (κ2) is 4.90. The second-order valence-corrected chi connectivity index (χ2v) is 11.4. The van der Waals surface area contributed by atoms with Gasteiger partial charge in [-0.05, 0) is 105 Å². The van der Waals surface area contributed by atoms with Crippen LogP contribution in [0.5, 0.6) is 0 Å². The van der Waals surface area contributed by atoms with Crippen molar-refractivity contribution >= 4 is 5.97 Å². The molecule has 4 saturated carbocycles. The van der Waals surface area contributed by atoms with Crippen molar-refractivity contribution in [3.63, 3.8) is 0 Å². The number of allylic oxidation sites excluding steroid dienone is 4. The average molecular weight is 380 g/mol. The summed E-state index contributed by atoms with van der Waals surface area (Å²) in [5, 5.41) is 0. The van der Waals surface area contributed by atoms with Crippen molar-refractivity contribution in [2.45, 2.75) is 83.2 Å². The quantitative estimate of drug-likeness (QED) is 0.662. The summed E-state index contributed by atoms with van der Waals surface area (Å²) >= 11 is 0. The lowest BCUT2D eigenvalue weighted by atomic mass is 9.48. The maximum atomic E-state index is 12.3. The third-order valence-electron chi connectivity index (χ3n) is 10.7. The lowest BCUT2D eigenvalue weighted by Gasteiger charge is -2.58. The fourth-order valence-electron chi connectivity index (χ4n) is 9.64. The number of fused-ring (bicyclic) bond motifs is 9. The third kappa shape index (κ3) is 1.70. The summed E-state index contributed by atoms with van der Waals surface area (Å²) in [5.74, 6) is 4.00. The van der Waals surface area contributed by atoms with Crippen molar-refractivity contribution in [1.29, 1.82) is 0 Å². The Hall–Kier alpha value is -1.25. The number of nitrogens with two attached hydrogens (primary N) is 1. The van der Waals surface area contributed by atoms with Gasteiger partial charge in [0.1, 0.15) is 5.60 Å². The molecule has 5 unspecified atom stereocenters. The zero-order valence-corrected chi connectivity index (χ0v) is 17.1. The van der Waals surface area contributed by atoms with Crippen molar-refractivity contribution < 1.29 is 9.53 Å². The molecule has 7 rings (SSSR count). The van der Waals surface area contributed by atoms with Crippen LogP contribution in [0.15, 0.2) is 22.9 Å². The molecule has 0 amide bonds. The number of rotatable bonds is 1. The molecule has 0 radical (unpaired) electrons. The zero-order valence-electron chi connectivity index (χ0n) is 17.1. The van der Waals surface area contributed by atoms with E-state index in [1.165, 1.54) is 51.4 Å². The van der Waals surface area contributed by atoms with Gasteiger partial charge in [0, 0.05) is 23.5 Å². The molecule has 6 aliphatic carbocycles. The van der Waals surface area contributed by atoms with Gasteiger partial charge in [-0.15, -0.1) is 0 Å². The Morgan fingerprint density at radius 2 is 2.00 bits per heavy atom. The first-order chi connectivity index (χ1) is 13.5. The number of carbonyl (C=O) groups excluding carboxylic acids is 1. The Bertz CT molecular complexity index is 851. The Morgan fingerprint density at radius 1 is 1.14 bits per heavy atom. The van der Waals surface area contributed by atoms with Gasteiger partial charge < -0.3 is 10.5 Å². The molecule has 1 aliphatic heterocycles. The number of carbonyl (C=O) groups is 1. The van der Waals surface area contributed by atoms with E-state index in [9.17, 15) is 4.79 Å². The SMILES string of the molecule is CC[C@]12CCC3C4=C(C=C(N)CC4)C4(CC4)CC3C1C1CC1[C@@]21CCC(=O)O1. The van der Waals surface area contributed by atoms with Crippen LogP contribution in [-0.4, -0.2) is 11.6 Å². The molecular formula is C25H33NO2. The maximum absolute atomic E-state index is 12.3. The van der Waals surface area contributed by atoms with Gasteiger partial charge in [-0.25, -0.2) is 0 Å². The largest absolute Gasteiger partial charge is 0.458 e. The van der Waals surface area contributed by atoms with Gasteiger partial charge >= 0.3 is 5.97 Å². The van der Waals surface area contributed by atoms with Crippen molar-refractivity contribution in [3.05, 3.63) is 22.9 Å². The number of hydrogen-bond donors (Lipinski definition) is 1.